The van der Waals surface area contributed by atoms with Crippen molar-refractivity contribution in [1.82, 2.24) is 30.4 Å². The molecule has 8 nitrogen and oxygen atoms in total. The number of hydrogen-bond donors (Lipinski definition) is 1. The maximum absolute atomic E-state index is 5.79. The molecular formula is C22H22N6O2. The third kappa shape index (κ3) is 4.00. The minimum Gasteiger partial charge on any atom is -0.353 e. The molecule has 0 bridgehead atoms. The monoisotopic (exact) mass is 402 g/mol. The van der Waals surface area contributed by atoms with Crippen LogP contribution in [-0.2, 0) is 16.1 Å². The van der Waals surface area contributed by atoms with Crippen LogP contribution >= 0.6 is 0 Å². The lowest BCUT2D eigenvalue weighted by atomic mass is 10.0. The minimum absolute atomic E-state index is 0.134. The number of nitrogens with zero attached hydrogens (tertiary/aromatic N) is 5. The molecule has 1 atom stereocenters. The van der Waals surface area contributed by atoms with Gasteiger partial charge in [-0.1, -0.05) is 52.9 Å². The Morgan fingerprint density at radius 1 is 1.00 bits per heavy atom. The predicted octanol–water partition coefficient (Wildman–Crippen LogP) is 3.76. The highest BCUT2D eigenvalue weighted by molar-refractivity contribution is 5.77. The van der Waals surface area contributed by atoms with Gasteiger partial charge in [0.25, 0.3) is 0 Å². The van der Waals surface area contributed by atoms with Crippen molar-refractivity contribution >= 4 is 0 Å². The summed E-state index contributed by atoms with van der Waals surface area (Å²) >= 11 is 0. The minimum atomic E-state index is -0.134. The van der Waals surface area contributed by atoms with E-state index in [0.29, 0.717) is 6.61 Å². The highest BCUT2D eigenvalue weighted by Gasteiger charge is 2.15. The number of H-pyrrole nitrogens is 1. The molecule has 0 spiro atoms. The summed E-state index contributed by atoms with van der Waals surface area (Å²) in [5.41, 5.74) is 5.42. The predicted molar refractivity (Wildman–Crippen MR) is 111 cm³/mol. The van der Waals surface area contributed by atoms with Crippen molar-refractivity contribution in [3.63, 3.8) is 0 Å². The van der Waals surface area contributed by atoms with Crippen LogP contribution in [0, 0.1) is 0 Å². The summed E-state index contributed by atoms with van der Waals surface area (Å²) in [6.07, 6.45) is 4.92. The molecule has 30 heavy (non-hydrogen) atoms. The first-order valence-corrected chi connectivity index (χ1v) is 10.1. The Morgan fingerprint density at radius 3 is 2.67 bits per heavy atom. The average molecular weight is 402 g/mol. The van der Waals surface area contributed by atoms with E-state index in [9.17, 15) is 0 Å². The third-order valence-corrected chi connectivity index (χ3v) is 5.11. The fourth-order valence-corrected chi connectivity index (χ4v) is 3.52. The van der Waals surface area contributed by atoms with Crippen LogP contribution in [-0.4, -0.2) is 43.3 Å². The summed E-state index contributed by atoms with van der Waals surface area (Å²) in [7, 11) is 0. The van der Waals surface area contributed by atoms with Gasteiger partial charge < -0.3 is 9.47 Å². The molecule has 8 heteroatoms. The lowest BCUT2D eigenvalue weighted by Gasteiger charge is -2.22. The zero-order valence-electron chi connectivity index (χ0n) is 16.4. The second kappa shape index (κ2) is 8.56. The van der Waals surface area contributed by atoms with E-state index in [1.165, 1.54) is 0 Å². The van der Waals surface area contributed by atoms with Crippen molar-refractivity contribution in [1.29, 1.82) is 0 Å². The maximum atomic E-state index is 5.79. The largest absolute Gasteiger partial charge is 0.353 e. The molecule has 5 rings (SSSR count). The summed E-state index contributed by atoms with van der Waals surface area (Å²) in [4.78, 5) is 0. The van der Waals surface area contributed by atoms with Crippen molar-refractivity contribution in [2.75, 3.05) is 6.61 Å². The number of hydrogen-bond acceptors (Lipinski definition) is 6. The Hall–Kier alpha value is -3.36. The lowest BCUT2D eigenvalue weighted by Crippen LogP contribution is -2.22. The van der Waals surface area contributed by atoms with Gasteiger partial charge in [0, 0.05) is 17.7 Å². The van der Waals surface area contributed by atoms with E-state index in [4.69, 9.17) is 9.47 Å². The van der Waals surface area contributed by atoms with Crippen LogP contribution in [0.15, 0.2) is 60.8 Å². The van der Waals surface area contributed by atoms with Crippen LogP contribution in [0.1, 0.15) is 25.0 Å². The summed E-state index contributed by atoms with van der Waals surface area (Å²) in [5, 5.41) is 19.7. The van der Waals surface area contributed by atoms with Crippen LogP contribution in [0.2, 0.25) is 0 Å². The van der Waals surface area contributed by atoms with Gasteiger partial charge in [-0.05, 0) is 31.4 Å². The highest BCUT2D eigenvalue weighted by Crippen LogP contribution is 2.28. The highest BCUT2D eigenvalue weighted by atomic mass is 16.7. The van der Waals surface area contributed by atoms with E-state index in [0.717, 1.165) is 59.8 Å². The Kier molecular flexibility index (Phi) is 5.32. The van der Waals surface area contributed by atoms with Gasteiger partial charge in [0.15, 0.2) is 6.29 Å². The quantitative estimate of drug-likeness (QED) is 0.528. The second-order valence-corrected chi connectivity index (χ2v) is 7.21. The molecule has 1 fully saturated rings. The number of rotatable bonds is 6. The van der Waals surface area contributed by atoms with E-state index < -0.39 is 0 Å². The fourth-order valence-electron chi connectivity index (χ4n) is 3.52. The van der Waals surface area contributed by atoms with Crippen LogP contribution in [0.4, 0.5) is 0 Å². The first-order valence-electron chi connectivity index (χ1n) is 10.1. The van der Waals surface area contributed by atoms with Crippen molar-refractivity contribution in [3.05, 3.63) is 66.5 Å². The SMILES string of the molecule is c1ccc(-c2nn[nH]c2-c2ccc(-n3cc(COC4CCCCO4)nn3)cc2)cc1. The van der Waals surface area contributed by atoms with Crippen molar-refractivity contribution < 1.29 is 9.47 Å². The summed E-state index contributed by atoms with van der Waals surface area (Å²) in [6, 6.07) is 18.0. The van der Waals surface area contributed by atoms with Crippen molar-refractivity contribution in [2.24, 2.45) is 0 Å². The van der Waals surface area contributed by atoms with Gasteiger partial charge >= 0.3 is 0 Å². The van der Waals surface area contributed by atoms with E-state index in [1.54, 1.807) is 4.68 Å². The fraction of sp³-hybridized carbons (Fsp3) is 0.273. The molecule has 4 aromatic rings. The third-order valence-electron chi connectivity index (χ3n) is 5.11. The molecule has 152 valence electrons. The number of nitrogens with one attached hydrogen (secondary N) is 1. The maximum Gasteiger partial charge on any atom is 0.158 e. The van der Waals surface area contributed by atoms with Gasteiger partial charge in [-0.2, -0.15) is 0 Å². The molecule has 1 N–H and O–H groups in total. The zero-order chi connectivity index (χ0) is 20.2. The van der Waals surface area contributed by atoms with E-state index in [1.807, 2.05) is 60.8 Å². The zero-order valence-corrected chi connectivity index (χ0v) is 16.4. The Labute approximate surface area is 173 Å². The van der Waals surface area contributed by atoms with Gasteiger partial charge in [-0.25, -0.2) is 4.68 Å². The number of aromatic nitrogens is 6. The van der Waals surface area contributed by atoms with Gasteiger partial charge in [-0.3, -0.25) is 5.10 Å². The molecule has 2 aromatic carbocycles. The van der Waals surface area contributed by atoms with Crippen LogP contribution in [0.3, 0.4) is 0 Å². The number of benzene rings is 2. The molecule has 3 heterocycles. The van der Waals surface area contributed by atoms with Gasteiger partial charge in [0.2, 0.25) is 0 Å². The Morgan fingerprint density at radius 2 is 1.87 bits per heavy atom. The molecule has 1 unspecified atom stereocenters. The van der Waals surface area contributed by atoms with E-state index in [-0.39, 0.29) is 6.29 Å². The van der Waals surface area contributed by atoms with E-state index in [2.05, 4.69) is 25.7 Å². The first-order chi connectivity index (χ1) is 14.9. The average Bonchev–Trinajstić information content (AvgIpc) is 3.49. The molecular weight excluding hydrogens is 380 g/mol. The first kappa shape index (κ1) is 18.7. The molecule has 0 radical (unpaired) electrons. The number of ether oxygens (including phenoxy) is 2. The smallest absolute Gasteiger partial charge is 0.158 e. The van der Waals surface area contributed by atoms with Gasteiger partial charge in [0.05, 0.1) is 24.2 Å². The number of aromatic amines is 1. The molecule has 0 amide bonds. The Balaban J connectivity index is 1.29. The lowest BCUT2D eigenvalue weighted by molar-refractivity contribution is -0.169. The summed E-state index contributed by atoms with van der Waals surface area (Å²) in [6.45, 7) is 1.16. The molecule has 1 aliphatic rings. The van der Waals surface area contributed by atoms with Crippen molar-refractivity contribution in [3.8, 4) is 28.2 Å². The molecule has 1 aliphatic heterocycles. The van der Waals surface area contributed by atoms with Crippen LogP contribution < -0.4 is 0 Å². The van der Waals surface area contributed by atoms with Crippen molar-refractivity contribution in [2.45, 2.75) is 32.2 Å². The van der Waals surface area contributed by atoms with Gasteiger partial charge in [0.1, 0.15) is 11.4 Å². The molecule has 1 saturated heterocycles. The topological polar surface area (TPSA) is 90.7 Å². The Bertz CT molecular complexity index is 1080. The summed E-state index contributed by atoms with van der Waals surface area (Å²) < 4.78 is 13.1. The molecule has 2 aromatic heterocycles. The normalized spacial score (nSPS) is 16.6. The van der Waals surface area contributed by atoms with Crippen LogP contribution in [0.25, 0.3) is 28.2 Å². The molecule has 0 aliphatic carbocycles. The van der Waals surface area contributed by atoms with Gasteiger partial charge in [-0.15, -0.1) is 10.2 Å². The van der Waals surface area contributed by atoms with Crippen LogP contribution in [0.5, 0.6) is 0 Å². The summed E-state index contributed by atoms with van der Waals surface area (Å²) in [5.74, 6) is 0. The van der Waals surface area contributed by atoms with E-state index >= 15 is 0 Å². The second-order valence-electron chi connectivity index (χ2n) is 7.21. The standard InChI is InChI=1S/C22H22N6O2/c1-2-6-16(7-3-1)21-22(25-26-24-21)17-9-11-19(12-10-17)28-14-18(23-27-28)15-30-20-8-4-5-13-29-20/h1-3,6-7,9-12,14,20H,4-5,8,13,15H2,(H,24,25,26). The molecule has 0 saturated carbocycles.